The zero-order valence-electron chi connectivity index (χ0n) is 10.5. The van der Waals surface area contributed by atoms with E-state index in [0.29, 0.717) is 25.7 Å². The summed E-state index contributed by atoms with van der Waals surface area (Å²) in [6.07, 6.45) is 2.45. The molecule has 0 radical (unpaired) electrons. The SMILES string of the molecule is O=S(=O)(NC1CCC2(CC1)N=N2)c1c(F)cccc1F. The molecule has 0 bridgehead atoms. The lowest BCUT2D eigenvalue weighted by atomic mass is 9.89. The number of halogens is 2. The molecule has 1 aromatic rings. The number of sulfonamides is 1. The Labute approximate surface area is 115 Å². The molecule has 0 amide bonds. The molecule has 0 atom stereocenters. The van der Waals surface area contributed by atoms with E-state index >= 15 is 0 Å². The molecule has 0 saturated heterocycles. The maximum absolute atomic E-state index is 13.5. The van der Waals surface area contributed by atoms with Gasteiger partial charge in [0, 0.05) is 6.04 Å². The van der Waals surface area contributed by atoms with Gasteiger partial charge < -0.3 is 0 Å². The first-order valence-corrected chi connectivity index (χ1v) is 7.81. The second-order valence-corrected chi connectivity index (χ2v) is 6.78. The average Bonchev–Trinajstić information content (AvgIpc) is 3.12. The van der Waals surface area contributed by atoms with Crippen molar-refractivity contribution in [3.05, 3.63) is 29.8 Å². The molecule has 1 aromatic carbocycles. The van der Waals surface area contributed by atoms with Gasteiger partial charge in [0.05, 0.1) is 0 Å². The summed E-state index contributed by atoms with van der Waals surface area (Å²) < 4.78 is 53.6. The number of rotatable bonds is 3. The predicted octanol–water partition coefficient (Wildman–Crippen LogP) is 2.35. The van der Waals surface area contributed by atoms with E-state index in [2.05, 4.69) is 15.0 Å². The maximum Gasteiger partial charge on any atom is 0.246 e. The second kappa shape index (κ2) is 4.56. The molecule has 1 aliphatic heterocycles. The summed E-state index contributed by atoms with van der Waals surface area (Å²) in [7, 11) is -4.20. The van der Waals surface area contributed by atoms with Crippen LogP contribution in [0, 0.1) is 11.6 Å². The highest BCUT2D eigenvalue weighted by molar-refractivity contribution is 7.89. The number of hydrogen-bond donors (Lipinski definition) is 1. The van der Waals surface area contributed by atoms with Gasteiger partial charge >= 0.3 is 0 Å². The van der Waals surface area contributed by atoms with E-state index < -0.39 is 26.6 Å². The Morgan fingerprint density at radius 3 is 2.20 bits per heavy atom. The fourth-order valence-electron chi connectivity index (χ4n) is 2.49. The van der Waals surface area contributed by atoms with Crippen molar-refractivity contribution in [2.75, 3.05) is 0 Å². The minimum atomic E-state index is -4.20. The number of nitrogens with one attached hydrogen (secondary N) is 1. The van der Waals surface area contributed by atoms with Crippen molar-refractivity contribution in [3.8, 4) is 0 Å². The molecule has 1 aliphatic carbocycles. The summed E-state index contributed by atoms with van der Waals surface area (Å²) in [6, 6.07) is 2.64. The topological polar surface area (TPSA) is 70.9 Å². The van der Waals surface area contributed by atoms with Crippen molar-refractivity contribution in [3.63, 3.8) is 0 Å². The van der Waals surface area contributed by atoms with Gasteiger partial charge in [0.15, 0.2) is 10.6 Å². The summed E-state index contributed by atoms with van der Waals surface area (Å²) in [5.41, 5.74) is -0.300. The lowest BCUT2D eigenvalue weighted by Crippen LogP contribution is -2.40. The third-order valence-corrected chi connectivity index (χ3v) is 5.25. The van der Waals surface area contributed by atoms with Gasteiger partial charge in [-0.2, -0.15) is 10.2 Å². The monoisotopic (exact) mass is 301 g/mol. The van der Waals surface area contributed by atoms with E-state index in [4.69, 9.17) is 0 Å². The molecular weight excluding hydrogens is 288 g/mol. The van der Waals surface area contributed by atoms with Gasteiger partial charge in [-0.15, -0.1) is 0 Å². The van der Waals surface area contributed by atoms with Crippen molar-refractivity contribution in [2.24, 2.45) is 10.2 Å². The molecule has 1 saturated carbocycles. The van der Waals surface area contributed by atoms with Crippen LogP contribution in [0.1, 0.15) is 25.7 Å². The second-order valence-electron chi connectivity index (χ2n) is 5.13. The summed E-state index contributed by atoms with van der Waals surface area (Å²) >= 11 is 0. The van der Waals surface area contributed by atoms with Crippen molar-refractivity contribution in [1.82, 2.24) is 4.72 Å². The van der Waals surface area contributed by atoms with Gasteiger partial charge in [-0.25, -0.2) is 21.9 Å². The van der Waals surface area contributed by atoms with Crippen LogP contribution >= 0.6 is 0 Å². The Balaban J connectivity index is 1.76. The molecule has 5 nitrogen and oxygen atoms in total. The van der Waals surface area contributed by atoms with Crippen molar-refractivity contribution >= 4 is 10.0 Å². The standard InChI is InChI=1S/C12H13F2N3O2S/c13-9-2-1-3-10(14)11(9)20(18,19)15-8-4-6-12(7-5-8)16-17-12/h1-3,8,15H,4-7H2. The fraction of sp³-hybridized carbons (Fsp3) is 0.500. The third kappa shape index (κ3) is 2.45. The molecule has 8 heteroatoms. The molecule has 3 rings (SSSR count). The summed E-state index contributed by atoms with van der Waals surface area (Å²) in [5.74, 6) is -2.17. The lowest BCUT2D eigenvalue weighted by Gasteiger charge is -2.26. The van der Waals surface area contributed by atoms with Crippen molar-refractivity contribution in [2.45, 2.75) is 42.3 Å². The van der Waals surface area contributed by atoms with Crippen LogP contribution in [0.15, 0.2) is 33.3 Å². The van der Waals surface area contributed by atoms with E-state index in [0.717, 1.165) is 18.2 Å². The molecule has 20 heavy (non-hydrogen) atoms. The highest BCUT2D eigenvalue weighted by Crippen LogP contribution is 2.42. The number of nitrogens with zero attached hydrogens (tertiary/aromatic N) is 2. The third-order valence-electron chi connectivity index (χ3n) is 3.68. The summed E-state index contributed by atoms with van der Waals surface area (Å²) in [6.45, 7) is 0. The first kappa shape index (κ1) is 13.6. The van der Waals surface area contributed by atoms with Crippen LogP contribution in [-0.4, -0.2) is 20.1 Å². The summed E-state index contributed by atoms with van der Waals surface area (Å²) in [4.78, 5) is -0.916. The highest BCUT2D eigenvalue weighted by atomic mass is 32.2. The molecule has 1 spiro atoms. The van der Waals surface area contributed by atoms with Crippen LogP contribution in [-0.2, 0) is 10.0 Å². The molecule has 2 aliphatic rings. The minimum Gasteiger partial charge on any atom is -0.208 e. The van der Waals surface area contributed by atoms with E-state index in [-0.39, 0.29) is 11.7 Å². The van der Waals surface area contributed by atoms with Gasteiger partial charge in [0.1, 0.15) is 11.6 Å². The number of hydrogen-bond acceptors (Lipinski definition) is 4. The van der Waals surface area contributed by atoms with Crippen LogP contribution < -0.4 is 4.72 Å². The maximum atomic E-state index is 13.5. The zero-order valence-corrected chi connectivity index (χ0v) is 11.3. The van der Waals surface area contributed by atoms with Crippen LogP contribution in [0.2, 0.25) is 0 Å². The van der Waals surface area contributed by atoms with Crippen LogP contribution in [0.4, 0.5) is 8.78 Å². The average molecular weight is 301 g/mol. The molecule has 1 heterocycles. The smallest absolute Gasteiger partial charge is 0.208 e. The van der Waals surface area contributed by atoms with Crippen molar-refractivity contribution < 1.29 is 17.2 Å². The molecule has 0 unspecified atom stereocenters. The van der Waals surface area contributed by atoms with Gasteiger partial charge in [-0.3, -0.25) is 0 Å². The highest BCUT2D eigenvalue weighted by Gasteiger charge is 2.44. The van der Waals surface area contributed by atoms with Crippen molar-refractivity contribution in [1.29, 1.82) is 0 Å². The first-order valence-electron chi connectivity index (χ1n) is 6.32. The van der Waals surface area contributed by atoms with E-state index in [1.165, 1.54) is 0 Å². The van der Waals surface area contributed by atoms with Gasteiger partial charge in [0.2, 0.25) is 10.0 Å². The molecule has 0 aromatic heterocycles. The van der Waals surface area contributed by atoms with Crippen LogP contribution in [0.5, 0.6) is 0 Å². The van der Waals surface area contributed by atoms with Crippen LogP contribution in [0.25, 0.3) is 0 Å². The summed E-state index contributed by atoms with van der Waals surface area (Å²) in [5, 5.41) is 7.88. The van der Waals surface area contributed by atoms with Gasteiger partial charge in [-0.1, -0.05) is 6.07 Å². The molecule has 1 fully saturated rings. The molecule has 1 N–H and O–H groups in total. The fourth-order valence-corrected chi connectivity index (χ4v) is 3.93. The number of benzene rings is 1. The Bertz CT molecular complexity index is 639. The molecule has 108 valence electrons. The van der Waals surface area contributed by atoms with Crippen LogP contribution in [0.3, 0.4) is 0 Å². The van der Waals surface area contributed by atoms with E-state index in [9.17, 15) is 17.2 Å². The Hall–Kier alpha value is -1.41. The Kier molecular flexibility index (Phi) is 3.09. The molecular formula is C12H13F2N3O2S. The Morgan fingerprint density at radius 2 is 1.70 bits per heavy atom. The largest absolute Gasteiger partial charge is 0.246 e. The minimum absolute atomic E-state index is 0.300. The Morgan fingerprint density at radius 1 is 1.15 bits per heavy atom. The van der Waals surface area contributed by atoms with Gasteiger partial charge in [0.25, 0.3) is 0 Å². The predicted molar refractivity (Wildman–Crippen MR) is 66.5 cm³/mol. The lowest BCUT2D eigenvalue weighted by molar-refractivity contribution is 0.340. The van der Waals surface area contributed by atoms with E-state index in [1.54, 1.807) is 0 Å². The van der Waals surface area contributed by atoms with Gasteiger partial charge in [-0.05, 0) is 37.8 Å². The normalized spacial score (nSPS) is 21.3. The zero-order chi connectivity index (χ0) is 14.4. The first-order chi connectivity index (χ1) is 9.42. The quantitative estimate of drug-likeness (QED) is 0.931. The van der Waals surface area contributed by atoms with E-state index in [1.807, 2.05) is 0 Å².